The third-order valence-electron chi connectivity index (χ3n) is 4.60. The van der Waals surface area contributed by atoms with Crippen molar-refractivity contribution in [1.29, 1.82) is 0 Å². The molecule has 1 aromatic rings. The van der Waals surface area contributed by atoms with Crippen LogP contribution in [0.15, 0.2) is 54.1 Å². The predicted molar refractivity (Wildman–Crippen MR) is 87.2 cm³/mol. The van der Waals surface area contributed by atoms with Gasteiger partial charge in [-0.05, 0) is 24.0 Å². The van der Waals surface area contributed by atoms with E-state index in [9.17, 15) is 4.79 Å². The van der Waals surface area contributed by atoms with Gasteiger partial charge >= 0.3 is 5.97 Å². The molecule has 3 nitrogen and oxygen atoms in total. The highest BCUT2D eigenvalue weighted by molar-refractivity contribution is 5.74. The maximum atomic E-state index is 12.2. The molecule has 0 radical (unpaired) electrons. The van der Waals surface area contributed by atoms with E-state index in [0.29, 0.717) is 0 Å². The maximum absolute atomic E-state index is 12.2. The van der Waals surface area contributed by atoms with Gasteiger partial charge in [-0.25, -0.2) is 0 Å². The fraction of sp³-hybridized carbons (Fsp3) is 0.421. The minimum absolute atomic E-state index is 0.0530. The van der Waals surface area contributed by atoms with Crippen LogP contribution in [0.2, 0.25) is 0 Å². The summed E-state index contributed by atoms with van der Waals surface area (Å²) in [5, 5.41) is 0. The summed E-state index contributed by atoms with van der Waals surface area (Å²) in [7, 11) is 1.49. The van der Waals surface area contributed by atoms with Crippen molar-refractivity contribution in [2.75, 3.05) is 20.2 Å². The van der Waals surface area contributed by atoms with Gasteiger partial charge in [0.15, 0.2) is 0 Å². The number of carbonyl (C=O) groups is 1. The van der Waals surface area contributed by atoms with E-state index >= 15 is 0 Å². The Morgan fingerprint density at radius 3 is 2.73 bits per heavy atom. The van der Waals surface area contributed by atoms with Crippen LogP contribution in [0.1, 0.15) is 18.4 Å². The summed E-state index contributed by atoms with van der Waals surface area (Å²) in [5.41, 5.74) is 2.59. The van der Waals surface area contributed by atoms with E-state index in [1.807, 2.05) is 6.07 Å². The van der Waals surface area contributed by atoms with Crippen LogP contribution >= 0.6 is 0 Å². The molecule has 0 bridgehead atoms. The van der Waals surface area contributed by atoms with Crippen LogP contribution in [-0.2, 0) is 16.1 Å². The minimum atomic E-state index is -0.0829. The van der Waals surface area contributed by atoms with Crippen molar-refractivity contribution in [3.8, 4) is 0 Å². The molecular weight excluding hydrogens is 274 g/mol. The Morgan fingerprint density at radius 1 is 1.23 bits per heavy atom. The van der Waals surface area contributed by atoms with E-state index < -0.39 is 0 Å². The molecule has 1 aliphatic heterocycles. The van der Waals surface area contributed by atoms with Crippen molar-refractivity contribution in [2.45, 2.75) is 19.4 Å². The zero-order valence-electron chi connectivity index (χ0n) is 13.1. The lowest BCUT2D eigenvalue weighted by molar-refractivity contribution is -0.145. The van der Waals surface area contributed by atoms with Gasteiger partial charge in [0, 0.05) is 25.6 Å². The second kappa shape index (κ2) is 6.93. The van der Waals surface area contributed by atoms with Crippen molar-refractivity contribution in [3.05, 3.63) is 59.7 Å². The molecule has 0 unspecified atom stereocenters. The summed E-state index contributed by atoms with van der Waals surface area (Å²) in [4.78, 5) is 14.5. The van der Waals surface area contributed by atoms with E-state index in [4.69, 9.17) is 4.74 Å². The first-order valence-corrected chi connectivity index (χ1v) is 7.98. The molecule has 1 aromatic carbocycles. The Hall–Kier alpha value is -1.87. The van der Waals surface area contributed by atoms with Gasteiger partial charge in [0.2, 0.25) is 0 Å². The molecule has 1 heterocycles. The molecule has 2 aliphatic rings. The van der Waals surface area contributed by atoms with Crippen LogP contribution < -0.4 is 0 Å². The van der Waals surface area contributed by atoms with Crippen molar-refractivity contribution in [1.82, 2.24) is 4.90 Å². The Labute approximate surface area is 132 Å². The largest absolute Gasteiger partial charge is 0.469 e. The lowest BCUT2D eigenvalue weighted by Gasteiger charge is -2.19. The molecule has 1 aliphatic carbocycles. The van der Waals surface area contributed by atoms with Crippen molar-refractivity contribution in [2.24, 2.45) is 11.8 Å². The van der Waals surface area contributed by atoms with Crippen LogP contribution in [0.5, 0.6) is 0 Å². The molecule has 0 spiro atoms. The van der Waals surface area contributed by atoms with E-state index in [1.165, 1.54) is 18.2 Å². The Balaban J connectivity index is 1.75. The van der Waals surface area contributed by atoms with E-state index in [2.05, 4.69) is 47.4 Å². The van der Waals surface area contributed by atoms with Gasteiger partial charge in [-0.1, -0.05) is 48.6 Å². The number of hydrogen-bond acceptors (Lipinski definition) is 3. The van der Waals surface area contributed by atoms with Crippen molar-refractivity contribution in [3.63, 3.8) is 0 Å². The first-order chi connectivity index (χ1) is 10.8. The van der Waals surface area contributed by atoms with Crippen molar-refractivity contribution >= 4 is 5.97 Å². The summed E-state index contributed by atoms with van der Waals surface area (Å²) in [6.07, 6.45) is 8.87. The highest BCUT2D eigenvalue weighted by Gasteiger charge is 2.39. The third-order valence-corrected chi connectivity index (χ3v) is 4.60. The second-order valence-electron chi connectivity index (χ2n) is 6.10. The Bertz CT molecular complexity index is 576. The maximum Gasteiger partial charge on any atom is 0.310 e. The highest BCUT2D eigenvalue weighted by Crippen LogP contribution is 2.33. The van der Waals surface area contributed by atoms with Gasteiger partial charge in [-0.15, -0.1) is 0 Å². The highest BCUT2D eigenvalue weighted by atomic mass is 16.5. The van der Waals surface area contributed by atoms with Gasteiger partial charge in [-0.2, -0.15) is 0 Å². The molecular formula is C19H23NO2. The zero-order valence-corrected chi connectivity index (χ0v) is 13.1. The van der Waals surface area contributed by atoms with Gasteiger partial charge in [0.1, 0.15) is 0 Å². The number of methoxy groups -OCH3 is 1. The fourth-order valence-electron chi connectivity index (χ4n) is 3.49. The molecule has 0 amide bonds. The van der Waals surface area contributed by atoms with E-state index in [0.717, 1.165) is 32.5 Å². The van der Waals surface area contributed by atoms with Crippen LogP contribution in [0.4, 0.5) is 0 Å². The molecule has 1 saturated heterocycles. The molecule has 3 heteroatoms. The number of allylic oxidation sites excluding steroid dienone is 3. The minimum Gasteiger partial charge on any atom is -0.469 e. The lowest BCUT2D eigenvalue weighted by Crippen LogP contribution is -2.25. The number of hydrogen-bond donors (Lipinski definition) is 0. The Kier molecular flexibility index (Phi) is 4.74. The van der Waals surface area contributed by atoms with Crippen LogP contribution in [0.25, 0.3) is 0 Å². The molecule has 2 atom stereocenters. The molecule has 0 N–H and O–H groups in total. The lowest BCUT2D eigenvalue weighted by atomic mass is 9.86. The van der Waals surface area contributed by atoms with E-state index in [-0.39, 0.29) is 17.8 Å². The third kappa shape index (κ3) is 3.30. The smallest absolute Gasteiger partial charge is 0.310 e. The number of nitrogens with zero attached hydrogens (tertiary/aromatic N) is 1. The average molecular weight is 297 g/mol. The van der Waals surface area contributed by atoms with E-state index in [1.54, 1.807) is 0 Å². The molecule has 0 aromatic heterocycles. The number of likely N-dealkylation sites (tertiary alicyclic amines) is 1. The quantitative estimate of drug-likeness (QED) is 0.799. The topological polar surface area (TPSA) is 29.5 Å². The molecule has 22 heavy (non-hydrogen) atoms. The van der Waals surface area contributed by atoms with Crippen LogP contribution in [0, 0.1) is 11.8 Å². The summed E-state index contributed by atoms with van der Waals surface area (Å²) >= 11 is 0. The van der Waals surface area contributed by atoms with Crippen molar-refractivity contribution < 1.29 is 9.53 Å². The van der Waals surface area contributed by atoms with Gasteiger partial charge in [0.05, 0.1) is 13.0 Å². The average Bonchev–Trinajstić information content (AvgIpc) is 3.00. The zero-order chi connectivity index (χ0) is 15.4. The Morgan fingerprint density at radius 2 is 2.05 bits per heavy atom. The second-order valence-corrected chi connectivity index (χ2v) is 6.10. The first kappa shape index (κ1) is 15.0. The van der Waals surface area contributed by atoms with Gasteiger partial charge in [-0.3, -0.25) is 9.69 Å². The normalized spacial score (nSPS) is 25.0. The van der Waals surface area contributed by atoms with Crippen LogP contribution in [-0.4, -0.2) is 31.1 Å². The van der Waals surface area contributed by atoms with Crippen LogP contribution in [0.3, 0.4) is 0 Å². The van der Waals surface area contributed by atoms with Gasteiger partial charge < -0.3 is 4.74 Å². The summed E-state index contributed by atoms with van der Waals surface area (Å²) in [6.45, 7) is 2.59. The summed E-state index contributed by atoms with van der Waals surface area (Å²) in [6, 6.07) is 10.4. The number of benzene rings is 1. The SMILES string of the molecule is COC(=O)[C@@H]1CN(Cc2ccccc2)C[C@H]1C1=CCCC=C1. The molecule has 3 rings (SSSR count). The molecule has 0 saturated carbocycles. The first-order valence-electron chi connectivity index (χ1n) is 7.98. The number of carbonyl (C=O) groups excluding carboxylic acids is 1. The predicted octanol–water partition coefficient (Wildman–Crippen LogP) is 3.18. The summed E-state index contributed by atoms with van der Waals surface area (Å²) in [5.74, 6) is 0.121. The molecule has 1 fully saturated rings. The van der Waals surface area contributed by atoms with Gasteiger partial charge in [0.25, 0.3) is 0 Å². The summed E-state index contributed by atoms with van der Waals surface area (Å²) < 4.78 is 5.04. The number of ether oxygens (including phenoxy) is 1. The standard InChI is InChI=1S/C19H23NO2/c1-22-19(21)18-14-20(12-15-8-4-2-5-9-15)13-17(18)16-10-6-3-7-11-16/h2,4-6,8-11,17-18H,3,7,12-14H2,1H3/t17-,18+/m0/s1. The molecule has 116 valence electrons. The number of esters is 1. The fourth-order valence-corrected chi connectivity index (χ4v) is 3.49. The monoisotopic (exact) mass is 297 g/mol. The number of rotatable bonds is 4.